The number of rotatable bonds is 7. The molecular weight excluding hydrogens is 382 g/mol. The second-order valence-corrected chi connectivity index (χ2v) is 8.37. The van der Waals surface area contributed by atoms with Gasteiger partial charge in [-0.2, -0.15) is 11.8 Å². The Balaban J connectivity index is 1.29. The molecule has 1 amide bonds. The molecule has 0 spiro atoms. The maximum Gasteiger partial charge on any atom is 0.277 e. The lowest BCUT2D eigenvalue weighted by molar-refractivity contribution is 0.102. The highest BCUT2D eigenvalue weighted by Gasteiger charge is 2.12. The highest BCUT2D eigenvalue weighted by atomic mass is 32.2. The Bertz CT molecular complexity index is 920. The predicted molar refractivity (Wildman–Crippen MR) is 117 cm³/mol. The monoisotopic (exact) mass is 407 g/mol. The van der Waals surface area contributed by atoms with Crippen LogP contribution in [0.3, 0.4) is 0 Å². The van der Waals surface area contributed by atoms with Gasteiger partial charge in [-0.05, 0) is 29.7 Å². The van der Waals surface area contributed by atoms with Gasteiger partial charge in [0, 0.05) is 36.8 Å². The van der Waals surface area contributed by atoms with Gasteiger partial charge in [-0.1, -0.05) is 47.7 Å². The van der Waals surface area contributed by atoms with Gasteiger partial charge in [0.05, 0.1) is 12.7 Å². The number of nitrogens with zero attached hydrogens (tertiary/aromatic N) is 4. The van der Waals surface area contributed by atoms with Crippen LogP contribution in [0.1, 0.15) is 21.6 Å². The van der Waals surface area contributed by atoms with Crippen molar-refractivity contribution >= 4 is 23.4 Å². The molecule has 0 radical (unpaired) electrons. The number of thioether (sulfide) groups is 1. The summed E-state index contributed by atoms with van der Waals surface area (Å²) in [7, 11) is 0. The van der Waals surface area contributed by atoms with Gasteiger partial charge in [0.2, 0.25) is 0 Å². The first-order chi connectivity index (χ1) is 14.3. The number of hydrogen-bond acceptors (Lipinski definition) is 5. The van der Waals surface area contributed by atoms with Crippen LogP contribution in [0, 0.1) is 0 Å². The Morgan fingerprint density at radius 2 is 1.76 bits per heavy atom. The molecule has 0 bridgehead atoms. The van der Waals surface area contributed by atoms with Crippen molar-refractivity contribution in [1.82, 2.24) is 19.9 Å². The number of aromatic nitrogens is 3. The lowest BCUT2D eigenvalue weighted by atomic mass is 10.1. The Morgan fingerprint density at radius 1 is 1.00 bits per heavy atom. The van der Waals surface area contributed by atoms with Gasteiger partial charge in [-0.15, -0.1) is 5.10 Å². The molecule has 2 heterocycles. The molecule has 1 aliphatic rings. The molecule has 1 fully saturated rings. The number of nitrogens with one attached hydrogen (secondary N) is 1. The lowest BCUT2D eigenvalue weighted by Crippen LogP contribution is -2.34. The number of carbonyl (C=O) groups excluding carboxylic acids is 1. The summed E-state index contributed by atoms with van der Waals surface area (Å²) in [5.74, 6) is 2.23. The molecule has 4 rings (SSSR count). The van der Waals surface area contributed by atoms with Gasteiger partial charge in [0.15, 0.2) is 5.69 Å². The minimum absolute atomic E-state index is 0.247. The molecule has 1 saturated heterocycles. The van der Waals surface area contributed by atoms with Crippen molar-refractivity contribution in [2.45, 2.75) is 13.0 Å². The summed E-state index contributed by atoms with van der Waals surface area (Å²) < 4.78 is 1.67. The van der Waals surface area contributed by atoms with Crippen molar-refractivity contribution in [3.05, 3.63) is 77.6 Å². The van der Waals surface area contributed by atoms with E-state index in [0.29, 0.717) is 12.2 Å². The fourth-order valence-electron chi connectivity index (χ4n) is 3.31. The summed E-state index contributed by atoms with van der Waals surface area (Å²) in [6.07, 6.45) is 2.71. The van der Waals surface area contributed by atoms with E-state index in [0.717, 1.165) is 24.2 Å². The molecule has 1 aromatic heterocycles. The van der Waals surface area contributed by atoms with Gasteiger partial charge in [0.1, 0.15) is 0 Å². The number of hydrogen-bond donors (Lipinski definition) is 1. The fraction of sp³-hybridized carbons (Fsp3) is 0.318. The molecule has 1 aliphatic heterocycles. The zero-order chi connectivity index (χ0) is 19.9. The highest BCUT2D eigenvalue weighted by molar-refractivity contribution is 7.99. The molecule has 0 aliphatic carbocycles. The van der Waals surface area contributed by atoms with Gasteiger partial charge >= 0.3 is 0 Å². The summed E-state index contributed by atoms with van der Waals surface area (Å²) in [6.45, 7) is 4.05. The van der Waals surface area contributed by atoms with Crippen LogP contribution in [0.25, 0.3) is 0 Å². The van der Waals surface area contributed by atoms with Crippen molar-refractivity contribution in [2.75, 3.05) is 36.5 Å². The molecule has 1 N–H and O–H groups in total. The first kappa shape index (κ1) is 19.7. The molecule has 2 aromatic carbocycles. The Hall–Kier alpha value is -2.64. The summed E-state index contributed by atoms with van der Waals surface area (Å²) in [4.78, 5) is 15.0. The SMILES string of the molecule is O=C(Nc1ccc(CCN2CCSCC2)cc1)c1cn(Cc2ccccc2)nn1. The van der Waals surface area contributed by atoms with Crippen molar-refractivity contribution in [2.24, 2.45) is 0 Å². The van der Waals surface area contributed by atoms with Crippen molar-refractivity contribution in [3.8, 4) is 0 Å². The third kappa shape index (κ3) is 5.68. The van der Waals surface area contributed by atoms with E-state index in [1.54, 1.807) is 10.9 Å². The van der Waals surface area contributed by atoms with Gasteiger partial charge in [-0.25, -0.2) is 4.68 Å². The van der Waals surface area contributed by atoms with Crippen LogP contribution in [0.5, 0.6) is 0 Å². The van der Waals surface area contributed by atoms with Crippen LogP contribution in [0.15, 0.2) is 60.8 Å². The van der Waals surface area contributed by atoms with Crippen LogP contribution >= 0.6 is 11.8 Å². The van der Waals surface area contributed by atoms with E-state index in [9.17, 15) is 4.79 Å². The second-order valence-electron chi connectivity index (χ2n) is 7.14. The topological polar surface area (TPSA) is 63.1 Å². The highest BCUT2D eigenvalue weighted by Crippen LogP contribution is 2.14. The molecule has 6 nitrogen and oxygen atoms in total. The van der Waals surface area contributed by atoms with Crippen molar-refractivity contribution < 1.29 is 4.79 Å². The van der Waals surface area contributed by atoms with E-state index < -0.39 is 0 Å². The van der Waals surface area contributed by atoms with E-state index in [1.165, 1.54) is 30.2 Å². The molecule has 7 heteroatoms. The number of anilines is 1. The minimum Gasteiger partial charge on any atom is -0.321 e. The van der Waals surface area contributed by atoms with Gasteiger partial charge < -0.3 is 10.2 Å². The van der Waals surface area contributed by atoms with E-state index in [2.05, 4.69) is 32.7 Å². The van der Waals surface area contributed by atoms with Gasteiger partial charge in [0.25, 0.3) is 5.91 Å². The average molecular weight is 408 g/mol. The summed E-state index contributed by atoms with van der Waals surface area (Å²) >= 11 is 2.03. The van der Waals surface area contributed by atoms with E-state index in [1.807, 2.05) is 54.2 Å². The van der Waals surface area contributed by atoms with Crippen LogP contribution in [0.2, 0.25) is 0 Å². The van der Waals surface area contributed by atoms with Gasteiger partial charge in [-0.3, -0.25) is 4.79 Å². The molecule has 0 atom stereocenters. The predicted octanol–water partition coefficient (Wildman–Crippen LogP) is 3.17. The van der Waals surface area contributed by atoms with E-state index >= 15 is 0 Å². The van der Waals surface area contributed by atoms with Crippen molar-refractivity contribution in [1.29, 1.82) is 0 Å². The smallest absolute Gasteiger partial charge is 0.277 e. The van der Waals surface area contributed by atoms with Crippen LogP contribution < -0.4 is 5.32 Å². The molecule has 0 saturated carbocycles. The van der Waals surface area contributed by atoms with E-state index in [4.69, 9.17) is 0 Å². The fourth-order valence-corrected chi connectivity index (χ4v) is 4.29. The minimum atomic E-state index is -0.247. The zero-order valence-corrected chi connectivity index (χ0v) is 17.1. The standard InChI is InChI=1S/C22H25N5OS/c28-22(21-17-27(25-24-21)16-19-4-2-1-3-5-19)23-20-8-6-18(7-9-20)10-11-26-12-14-29-15-13-26/h1-9,17H,10-16H2,(H,23,28). The largest absolute Gasteiger partial charge is 0.321 e. The van der Waals surface area contributed by atoms with Crippen LogP contribution in [-0.2, 0) is 13.0 Å². The van der Waals surface area contributed by atoms with Crippen LogP contribution in [0.4, 0.5) is 5.69 Å². The molecule has 0 unspecified atom stereocenters. The summed E-state index contributed by atoms with van der Waals surface area (Å²) in [5.41, 5.74) is 3.48. The Morgan fingerprint density at radius 3 is 2.52 bits per heavy atom. The first-order valence-corrected chi connectivity index (χ1v) is 11.1. The lowest BCUT2D eigenvalue weighted by Gasteiger charge is -2.26. The summed E-state index contributed by atoms with van der Waals surface area (Å²) in [6, 6.07) is 18.1. The average Bonchev–Trinajstić information content (AvgIpc) is 3.23. The summed E-state index contributed by atoms with van der Waals surface area (Å²) in [5, 5.41) is 11.0. The first-order valence-electron chi connectivity index (χ1n) is 9.91. The third-order valence-electron chi connectivity index (χ3n) is 4.99. The van der Waals surface area contributed by atoms with Crippen LogP contribution in [-0.4, -0.2) is 56.9 Å². The number of carbonyl (C=O) groups is 1. The Labute approximate surface area is 175 Å². The number of amides is 1. The molecule has 3 aromatic rings. The maximum absolute atomic E-state index is 12.5. The molecule has 29 heavy (non-hydrogen) atoms. The second kappa shape index (κ2) is 9.71. The van der Waals surface area contributed by atoms with E-state index in [-0.39, 0.29) is 5.91 Å². The third-order valence-corrected chi connectivity index (χ3v) is 5.93. The normalized spacial score (nSPS) is 14.6. The molecular formula is C22H25N5OS. The zero-order valence-electron chi connectivity index (χ0n) is 16.3. The molecule has 150 valence electrons. The number of benzene rings is 2. The van der Waals surface area contributed by atoms with Crippen molar-refractivity contribution in [3.63, 3.8) is 0 Å². The maximum atomic E-state index is 12.5. The Kier molecular flexibility index (Phi) is 6.59. The quantitative estimate of drug-likeness (QED) is 0.652.